The number of esters is 1. The lowest BCUT2D eigenvalue weighted by atomic mass is 10.2. The summed E-state index contributed by atoms with van der Waals surface area (Å²) in [5, 5.41) is 2.70. The second kappa shape index (κ2) is 7.14. The summed E-state index contributed by atoms with van der Waals surface area (Å²) in [7, 11) is -2.97. The fraction of sp³-hybridized carbons (Fsp3) is 0.500. The molecule has 0 bridgehead atoms. The first kappa shape index (κ1) is 17.3. The summed E-state index contributed by atoms with van der Waals surface area (Å²) in [5.41, 5.74) is 0.367. The minimum absolute atomic E-state index is 0.0536. The van der Waals surface area contributed by atoms with E-state index >= 15 is 0 Å². The van der Waals surface area contributed by atoms with Crippen molar-refractivity contribution in [2.24, 2.45) is 0 Å². The van der Waals surface area contributed by atoms with Gasteiger partial charge in [0.1, 0.15) is 0 Å². The Morgan fingerprint density at radius 2 is 1.96 bits per heavy atom. The van der Waals surface area contributed by atoms with Crippen molar-refractivity contribution in [1.29, 1.82) is 0 Å². The number of carbonyl (C=O) groups excluding carboxylic acids is 2. The Hall–Kier alpha value is -1.54. The quantitative estimate of drug-likeness (QED) is 0.763. The van der Waals surface area contributed by atoms with Gasteiger partial charge in [0.15, 0.2) is 16.4 Å². The smallest absolute Gasteiger partial charge is 0.339 e. The maximum absolute atomic E-state index is 12.2. The molecule has 24 heavy (non-hydrogen) atoms. The minimum Gasteiger partial charge on any atom is -0.452 e. The first-order valence-electron chi connectivity index (χ1n) is 7.85. The third kappa shape index (κ3) is 4.73. The van der Waals surface area contributed by atoms with Gasteiger partial charge in [0.2, 0.25) is 0 Å². The number of carbonyl (C=O) groups is 2. The first-order valence-corrected chi connectivity index (χ1v) is 10.6. The lowest BCUT2D eigenvalue weighted by molar-refractivity contribution is -0.124. The van der Waals surface area contributed by atoms with E-state index in [1.807, 2.05) is 0 Å². The zero-order chi connectivity index (χ0) is 17.2. The van der Waals surface area contributed by atoms with Crippen LogP contribution in [0.3, 0.4) is 0 Å². The Kier molecular flexibility index (Phi) is 5.15. The number of nitrogens with one attached hydrogen (secondary N) is 1. The average molecular weight is 369 g/mol. The summed E-state index contributed by atoms with van der Waals surface area (Å²) >= 11 is 1.38. The number of thioether (sulfide) groups is 1. The molecule has 1 saturated heterocycles. The van der Waals surface area contributed by atoms with Gasteiger partial charge in [0.25, 0.3) is 5.91 Å². The highest BCUT2D eigenvalue weighted by Crippen LogP contribution is 2.33. The molecule has 1 saturated carbocycles. The first-order chi connectivity index (χ1) is 11.4. The van der Waals surface area contributed by atoms with Gasteiger partial charge in [-0.25, -0.2) is 13.2 Å². The molecule has 0 unspecified atom stereocenters. The van der Waals surface area contributed by atoms with Crippen LogP contribution in [-0.2, 0) is 19.4 Å². The molecular weight excluding hydrogens is 350 g/mol. The Morgan fingerprint density at radius 1 is 1.21 bits per heavy atom. The number of rotatable bonds is 6. The van der Waals surface area contributed by atoms with Crippen LogP contribution in [0, 0.1) is 0 Å². The highest BCUT2D eigenvalue weighted by atomic mass is 32.2. The molecule has 1 N–H and O–H groups in total. The predicted molar refractivity (Wildman–Crippen MR) is 90.8 cm³/mol. The van der Waals surface area contributed by atoms with Gasteiger partial charge in [-0.05, 0) is 31.4 Å². The molecule has 0 aromatic heterocycles. The largest absolute Gasteiger partial charge is 0.452 e. The molecule has 1 heterocycles. The third-order valence-electron chi connectivity index (χ3n) is 3.87. The minimum atomic E-state index is -2.97. The van der Waals surface area contributed by atoms with Crippen LogP contribution in [0.4, 0.5) is 0 Å². The summed E-state index contributed by atoms with van der Waals surface area (Å²) in [6, 6.07) is 7.14. The molecule has 1 amide bonds. The van der Waals surface area contributed by atoms with E-state index in [1.54, 1.807) is 24.3 Å². The Bertz CT molecular complexity index is 743. The van der Waals surface area contributed by atoms with Crippen molar-refractivity contribution >= 4 is 33.5 Å². The molecule has 0 spiro atoms. The molecule has 0 radical (unpaired) electrons. The van der Waals surface area contributed by atoms with Crippen molar-refractivity contribution in [3.63, 3.8) is 0 Å². The number of amides is 1. The number of hydrogen-bond donors (Lipinski definition) is 1. The van der Waals surface area contributed by atoms with Crippen molar-refractivity contribution in [2.75, 3.05) is 18.1 Å². The van der Waals surface area contributed by atoms with Gasteiger partial charge in [0.05, 0.1) is 17.1 Å². The fourth-order valence-corrected chi connectivity index (χ4v) is 6.09. The highest BCUT2D eigenvalue weighted by Gasteiger charge is 2.30. The van der Waals surface area contributed by atoms with E-state index in [-0.39, 0.29) is 35.3 Å². The van der Waals surface area contributed by atoms with Crippen LogP contribution >= 0.6 is 11.8 Å². The molecule has 1 aliphatic heterocycles. The topological polar surface area (TPSA) is 89.5 Å². The van der Waals surface area contributed by atoms with Crippen LogP contribution in [0.2, 0.25) is 0 Å². The molecule has 130 valence electrons. The highest BCUT2D eigenvalue weighted by molar-refractivity contribution is 8.02. The summed E-state index contributed by atoms with van der Waals surface area (Å²) in [4.78, 5) is 24.5. The van der Waals surface area contributed by atoms with E-state index in [0.717, 1.165) is 12.8 Å². The normalized spacial score (nSPS) is 22.1. The second-order valence-corrected chi connectivity index (χ2v) is 9.63. The van der Waals surface area contributed by atoms with Crippen LogP contribution in [-0.4, -0.2) is 49.7 Å². The van der Waals surface area contributed by atoms with Crippen LogP contribution in [0.1, 0.15) is 29.6 Å². The molecule has 2 aliphatic rings. The monoisotopic (exact) mass is 369 g/mol. The maximum Gasteiger partial charge on any atom is 0.339 e. The predicted octanol–water partition coefficient (Wildman–Crippen LogP) is 1.40. The average Bonchev–Trinajstić information content (AvgIpc) is 3.28. The summed E-state index contributed by atoms with van der Waals surface area (Å²) in [5.74, 6) is -0.536. The zero-order valence-electron chi connectivity index (χ0n) is 13.1. The van der Waals surface area contributed by atoms with Crippen LogP contribution in [0.25, 0.3) is 0 Å². The maximum atomic E-state index is 12.2. The van der Waals surface area contributed by atoms with Crippen molar-refractivity contribution < 1.29 is 22.7 Å². The Morgan fingerprint density at radius 3 is 2.62 bits per heavy atom. The third-order valence-corrected chi connectivity index (χ3v) is 7.19. The van der Waals surface area contributed by atoms with Gasteiger partial charge < -0.3 is 10.1 Å². The van der Waals surface area contributed by atoms with Gasteiger partial charge in [-0.2, -0.15) is 0 Å². The molecular formula is C16H19NO5S2. The molecule has 1 atom stereocenters. The molecule has 2 fully saturated rings. The van der Waals surface area contributed by atoms with Crippen molar-refractivity contribution in [2.45, 2.75) is 35.4 Å². The van der Waals surface area contributed by atoms with E-state index in [1.165, 1.54) is 11.8 Å². The lowest BCUT2D eigenvalue weighted by Gasteiger charge is -2.12. The number of hydrogen-bond acceptors (Lipinski definition) is 6. The van der Waals surface area contributed by atoms with E-state index in [0.29, 0.717) is 16.9 Å². The van der Waals surface area contributed by atoms with E-state index in [2.05, 4.69) is 5.32 Å². The Labute approximate surface area is 145 Å². The number of ether oxygens (including phenoxy) is 1. The number of sulfone groups is 1. The van der Waals surface area contributed by atoms with E-state index in [4.69, 9.17) is 4.74 Å². The Balaban J connectivity index is 1.60. The van der Waals surface area contributed by atoms with Crippen LogP contribution in [0.15, 0.2) is 29.2 Å². The van der Waals surface area contributed by atoms with Crippen LogP contribution in [0.5, 0.6) is 0 Å². The molecule has 1 aromatic rings. The second-order valence-electron chi connectivity index (χ2n) is 6.06. The lowest BCUT2D eigenvalue weighted by Crippen LogP contribution is -2.30. The molecule has 8 heteroatoms. The van der Waals surface area contributed by atoms with E-state index in [9.17, 15) is 18.0 Å². The van der Waals surface area contributed by atoms with E-state index < -0.39 is 15.8 Å². The number of benzene rings is 1. The molecule has 3 rings (SSSR count). The SMILES string of the molecule is O=C(COC(=O)c1ccccc1S[C@@H]1CCS(=O)(=O)C1)NC1CC1. The summed E-state index contributed by atoms with van der Waals surface area (Å²) in [6.07, 6.45) is 2.53. The van der Waals surface area contributed by atoms with Gasteiger partial charge in [-0.3, -0.25) is 4.79 Å². The van der Waals surface area contributed by atoms with Gasteiger partial charge >= 0.3 is 5.97 Å². The molecule has 1 aromatic carbocycles. The summed E-state index contributed by atoms with van der Waals surface area (Å²) in [6.45, 7) is -0.299. The standard InChI is InChI=1S/C16H19NO5S2/c18-15(17-11-5-6-11)9-22-16(19)13-3-1-2-4-14(13)23-12-7-8-24(20,21)10-12/h1-4,11-12H,5-10H2,(H,17,18)/t12-/m1/s1. The van der Waals surface area contributed by atoms with Crippen molar-refractivity contribution in [3.8, 4) is 0 Å². The molecule has 1 aliphatic carbocycles. The van der Waals surface area contributed by atoms with Crippen molar-refractivity contribution in [1.82, 2.24) is 5.32 Å². The van der Waals surface area contributed by atoms with Gasteiger partial charge in [0, 0.05) is 16.2 Å². The zero-order valence-corrected chi connectivity index (χ0v) is 14.7. The fourth-order valence-electron chi connectivity index (χ4n) is 2.48. The van der Waals surface area contributed by atoms with Crippen molar-refractivity contribution in [3.05, 3.63) is 29.8 Å². The van der Waals surface area contributed by atoms with Gasteiger partial charge in [-0.15, -0.1) is 11.8 Å². The van der Waals surface area contributed by atoms with Gasteiger partial charge in [-0.1, -0.05) is 12.1 Å². The molecule has 6 nitrogen and oxygen atoms in total. The summed E-state index contributed by atoms with van der Waals surface area (Å²) < 4.78 is 28.2. The van der Waals surface area contributed by atoms with Crippen LogP contribution < -0.4 is 5.32 Å².